The molecule has 2 N–H and O–H groups in total. The number of aromatic nitrogens is 6. The summed E-state index contributed by atoms with van der Waals surface area (Å²) < 4.78 is 22.4. The molecule has 1 fully saturated rings. The number of benzene rings is 2. The highest BCUT2D eigenvalue weighted by Crippen LogP contribution is 2.31. The lowest BCUT2D eigenvalue weighted by molar-refractivity contribution is -0.117. The number of carbonyl (C=O) groups excluding carboxylic acids is 1. The van der Waals surface area contributed by atoms with Crippen molar-refractivity contribution >= 4 is 45.3 Å². The Balaban J connectivity index is 1.21. The molecule has 2 atom stereocenters. The van der Waals surface area contributed by atoms with E-state index >= 15 is 0 Å². The van der Waals surface area contributed by atoms with Crippen LogP contribution in [0.5, 0.6) is 11.5 Å². The molecule has 1 aliphatic rings. The maximum Gasteiger partial charge on any atom is 0.243 e. The Labute approximate surface area is 228 Å². The number of carbonyl (C=O) groups is 1. The van der Waals surface area contributed by atoms with Crippen LogP contribution in [0.25, 0.3) is 22.1 Å². The first kappa shape index (κ1) is 25.2. The third-order valence-corrected chi connectivity index (χ3v) is 6.80. The molecule has 1 saturated heterocycles. The molecule has 0 spiro atoms. The van der Waals surface area contributed by atoms with Gasteiger partial charge in [-0.05, 0) is 61.0 Å². The minimum atomic E-state index is -1.22. The number of hydrogen-bond acceptors (Lipinski definition) is 9. The summed E-state index contributed by atoms with van der Waals surface area (Å²) in [5.41, 5.74) is 4.57. The molecule has 0 radical (unpaired) electrons. The minimum absolute atomic E-state index is 0.113. The van der Waals surface area contributed by atoms with Gasteiger partial charge in [0.25, 0.3) is 0 Å². The van der Waals surface area contributed by atoms with E-state index in [0.29, 0.717) is 40.7 Å². The standard InChI is InChI=1S/C28H26FN9O2/c1-4-26(39)33-22-14-38(13-19(22)29)25-10-7-20-27(34-25)28(31-15-30-20)32-17-5-9-24(16(2)11-17)40-18-6-8-23-21(12-18)35-36-37(23)3/h4-12,15,19,22H,1,13-14H2,2-3H3,(H,33,39)(H,30,31,32)/t19-,22-/m0/s1. The molecule has 40 heavy (non-hydrogen) atoms. The Morgan fingerprint density at radius 1 is 1.12 bits per heavy atom. The van der Waals surface area contributed by atoms with Crippen LogP contribution in [0.3, 0.4) is 0 Å². The third kappa shape index (κ3) is 4.86. The maximum absolute atomic E-state index is 14.6. The van der Waals surface area contributed by atoms with Crippen LogP contribution in [0.2, 0.25) is 0 Å². The van der Waals surface area contributed by atoms with Gasteiger partial charge >= 0.3 is 0 Å². The number of aryl methyl sites for hydroxylation is 2. The van der Waals surface area contributed by atoms with Gasteiger partial charge in [-0.15, -0.1) is 5.10 Å². The highest BCUT2D eigenvalue weighted by molar-refractivity contribution is 5.89. The summed E-state index contributed by atoms with van der Waals surface area (Å²) in [4.78, 5) is 26.9. The summed E-state index contributed by atoms with van der Waals surface area (Å²) in [7, 11) is 1.84. The smallest absolute Gasteiger partial charge is 0.243 e. The van der Waals surface area contributed by atoms with Gasteiger partial charge in [-0.25, -0.2) is 24.0 Å². The molecule has 2 aromatic carbocycles. The number of pyridine rings is 1. The van der Waals surface area contributed by atoms with Crippen molar-refractivity contribution in [2.24, 2.45) is 7.05 Å². The Hall–Kier alpha value is -5.13. The summed E-state index contributed by atoms with van der Waals surface area (Å²) >= 11 is 0. The number of anilines is 3. The third-order valence-electron chi connectivity index (χ3n) is 6.80. The first-order valence-corrected chi connectivity index (χ1v) is 12.7. The van der Waals surface area contributed by atoms with Gasteiger partial charge in [0.15, 0.2) is 5.82 Å². The zero-order valence-corrected chi connectivity index (χ0v) is 21.9. The van der Waals surface area contributed by atoms with Crippen LogP contribution in [-0.4, -0.2) is 61.2 Å². The van der Waals surface area contributed by atoms with Crippen LogP contribution in [0.4, 0.5) is 21.7 Å². The van der Waals surface area contributed by atoms with Crippen molar-refractivity contribution in [3.63, 3.8) is 0 Å². The number of ether oxygens (including phenoxy) is 1. The van der Waals surface area contributed by atoms with Crippen LogP contribution >= 0.6 is 0 Å². The number of halogens is 1. The fraction of sp³-hybridized carbons (Fsp3) is 0.214. The average Bonchev–Trinajstić information content (AvgIpc) is 3.51. The number of alkyl halides is 1. The molecule has 4 heterocycles. The predicted octanol–water partition coefficient (Wildman–Crippen LogP) is 3.98. The molecule has 0 aliphatic carbocycles. The maximum atomic E-state index is 14.6. The second-order valence-electron chi connectivity index (χ2n) is 9.57. The minimum Gasteiger partial charge on any atom is -0.457 e. The largest absolute Gasteiger partial charge is 0.457 e. The highest BCUT2D eigenvalue weighted by Gasteiger charge is 2.34. The van der Waals surface area contributed by atoms with Gasteiger partial charge in [0.05, 0.1) is 23.6 Å². The normalized spacial score (nSPS) is 16.8. The summed E-state index contributed by atoms with van der Waals surface area (Å²) in [5, 5.41) is 14.1. The van der Waals surface area contributed by atoms with E-state index in [1.54, 1.807) is 15.6 Å². The van der Waals surface area contributed by atoms with Crippen LogP contribution in [0, 0.1) is 6.92 Å². The lowest BCUT2D eigenvalue weighted by atomic mass is 10.2. The van der Waals surface area contributed by atoms with Gasteiger partial charge in [0, 0.05) is 25.3 Å². The SMILES string of the molecule is C=CC(=O)N[C@H]1CN(c2ccc3ncnc(Nc4ccc(Oc5ccc6c(c5)nnn6C)c(C)c4)c3n2)C[C@@H]1F. The van der Waals surface area contributed by atoms with Gasteiger partial charge in [-0.3, -0.25) is 4.79 Å². The van der Waals surface area contributed by atoms with Crippen molar-refractivity contribution in [2.45, 2.75) is 19.1 Å². The van der Waals surface area contributed by atoms with Gasteiger partial charge in [-0.1, -0.05) is 11.8 Å². The molecule has 6 rings (SSSR count). The summed E-state index contributed by atoms with van der Waals surface area (Å²) in [5.74, 6) is 2.05. The molecule has 12 heteroatoms. The Morgan fingerprint density at radius 3 is 2.83 bits per heavy atom. The van der Waals surface area contributed by atoms with E-state index in [0.717, 1.165) is 28.4 Å². The summed E-state index contributed by atoms with van der Waals surface area (Å²) in [6.45, 7) is 5.79. The van der Waals surface area contributed by atoms with E-state index in [-0.39, 0.29) is 6.54 Å². The highest BCUT2D eigenvalue weighted by atomic mass is 19.1. The van der Waals surface area contributed by atoms with Crippen molar-refractivity contribution in [2.75, 3.05) is 23.3 Å². The van der Waals surface area contributed by atoms with E-state index in [9.17, 15) is 9.18 Å². The number of rotatable bonds is 7. The lowest BCUT2D eigenvalue weighted by Crippen LogP contribution is -2.40. The molecule has 0 unspecified atom stereocenters. The Kier molecular flexibility index (Phi) is 6.42. The van der Waals surface area contributed by atoms with Gasteiger partial charge in [-0.2, -0.15) is 0 Å². The second-order valence-corrected chi connectivity index (χ2v) is 9.57. The van der Waals surface area contributed by atoms with E-state index in [4.69, 9.17) is 9.72 Å². The van der Waals surface area contributed by atoms with Crippen LogP contribution < -0.4 is 20.3 Å². The molecule has 0 saturated carbocycles. The summed E-state index contributed by atoms with van der Waals surface area (Å²) in [6, 6.07) is 14.4. The van der Waals surface area contributed by atoms with Gasteiger partial charge in [0.1, 0.15) is 40.8 Å². The molecule has 11 nitrogen and oxygen atoms in total. The quantitative estimate of drug-likeness (QED) is 0.296. The molecular weight excluding hydrogens is 513 g/mol. The molecule has 0 bridgehead atoms. The van der Waals surface area contributed by atoms with E-state index in [2.05, 4.69) is 37.5 Å². The van der Waals surface area contributed by atoms with Gasteiger partial charge in [0.2, 0.25) is 5.91 Å². The van der Waals surface area contributed by atoms with Crippen molar-refractivity contribution in [3.8, 4) is 11.5 Å². The molecule has 3 aromatic heterocycles. The van der Waals surface area contributed by atoms with Crippen molar-refractivity contribution in [3.05, 3.63) is 73.1 Å². The first-order chi connectivity index (χ1) is 19.4. The molecule has 1 aliphatic heterocycles. The zero-order chi connectivity index (χ0) is 27.8. The number of nitrogens with one attached hydrogen (secondary N) is 2. The van der Waals surface area contributed by atoms with E-state index < -0.39 is 18.1 Å². The van der Waals surface area contributed by atoms with Crippen LogP contribution in [0.1, 0.15) is 5.56 Å². The van der Waals surface area contributed by atoms with Crippen molar-refractivity contribution < 1.29 is 13.9 Å². The molecule has 1 amide bonds. The number of hydrogen-bond donors (Lipinski definition) is 2. The number of amides is 1. The average molecular weight is 540 g/mol. The fourth-order valence-corrected chi connectivity index (χ4v) is 4.72. The first-order valence-electron chi connectivity index (χ1n) is 12.7. The monoisotopic (exact) mass is 539 g/mol. The fourth-order valence-electron chi connectivity index (χ4n) is 4.72. The van der Waals surface area contributed by atoms with E-state index in [1.165, 1.54) is 6.33 Å². The van der Waals surface area contributed by atoms with Crippen molar-refractivity contribution in [1.82, 2.24) is 35.3 Å². The lowest BCUT2D eigenvalue weighted by Gasteiger charge is -2.18. The topological polar surface area (TPSA) is 123 Å². The van der Waals surface area contributed by atoms with Crippen molar-refractivity contribution in [1.29, 1.82) is 0 Å². The van der Waals surface area contributed by atoms with Crippen LogP contribution in [0.15, 0.2) is 67.5 Å². The second kappa shape index (κ2) is 10.2. The number of nitrogens with zero attached hydrogens (tertiary/aromatic N) is 7. The van der Waals surface area contributed by atoms with Crippen LogP contribution in [-0.2, 0) is 11.8 Å². The molecular formula is C28H26FN9O2. The Bertz CT molecular complexity index is 1760. The Morgan fingerprint density at radius 2 is 2.00 bits per heavy atom. The summed E-state index contributed by atoms with van der Waals surface area (Å²) in [6.07, 6.45) is 1.38. The predicted molar refractivity (Wildman–Crippen MR) is 150 cm³/mol. The zero-order valence-electron chi connectivity index (χ0n) is 21.9. The number of fused-ring (bicyclic) bond motifs is 2. The van der Waals surface area contributed by atoms with E-state index in [1.807, 2.05) is 56.4 Å². The molecule has 202 valence electrons. The van der Waals surface area contributed by atoms with Gasteiger partial charge < -0.3 is 20.3 Å². The molecule has 5 aromatic rings.